The Balaban J connectivity index is 1.52. The molecule has 7 nitrogen and oxygen atoms in total. The molecule has 0 amide bonds. The first-order chi connectivity index (χ1) is 21.2. The number of anilines is 1. The van der Waals surface area contributed by atoms with Crippen LogP contribution in [-0.2, 0) is 5.75 Å². The van der Waals surface area contributed by atoms with Gasteiger partial charge in [-0.15, -0.1) is 11.3 Å². The van der Waals surface area contributed by atoms with Gasteiger partial charge in [0.2, 0.25) is 5.69 Å². The normalized spacial score (nSPS) is 13.8. The number of pyridine rings is 1. The maximum absolute atomic E-state index is 13.4. The number of thiazole rings is 1. The Bertz CT molecular complexity index is 1690. The van der Waals surface area contributed by atoms with Crippen molar-refractivity contribution in [1.29, 1.82) is 5.26 Å². The summed E-state index contributed by atoms with van der Waals surface area (Å²) in [6.45, 7) is 8.16. The molecule has 0 aliphatic carbocycles. The van der Waals surface area contributed by atoms with Gasteiger partial charge in [-0.25, -0.2) is 14.8 Å². The van der Waals surface area contributed by atoms with Crippen LogP contribution >= 0.6 is 34.7 Å². The highest BCUT2D eigenvalue weighted by Crippen LogP contribution is 2.46. The molecule has 1 aliphatic heterocycles. The molecular formula is C31H25ClF3N5O2S2. The van der Waals surface area contributed by atoms with E-state index in [1.807, 2.05) is 17.5 Å². The number of aromatic nitrogens is 2. The highest BCUT2D eigenvalue weighted by atomic mass is 35.5. The van der Waals surface area contributed by atoms with Crippen molar-refractivity contribution in [2.45, 2.75) is 29.8 Å². The van der Waals surface area contributed by atoms with Gasteiger partial charge in [0, 0.05) is 40.4 Å². The lowest BCUT2D eigenvalue weighted by Gasteiger charge is -2.35. The van der Waals surface area contributed by atoms with Crippen molar-refractivity contribution in [3.63, 3.8) is 0 Å². The zero-order chi connectivity index (χ0) is 31.3. The number of thioether (sulfide) groups is 1. The smallest absolute Gasteiger partial charge is 0.391 e. The highest BCUT2D eigenvalue weighted by Gasteiger charge is 2.41. The van der Waals surface area contributed by atoms with Gasteiger partial charge >= 0.3 is 6.18 Å². The third-order valence-electron chi connectivity index (χ3n) is 7.10. The largest absolute Gasteiger partial charge is 0.491 e. The second kappa shape index (κ2) is 13.9. The summed E-state index contributed by atoms with van der Waals surface area (Å²) in [4.78, 5) is 14.9. The van der Waals surface area contributed by atoms with Gasteiger partial charge in [0.05, 0.1) is 30.4 Å². The van der Waals surface area contributed by atoms with E-state index in [1.165, 1.54) is 23.1 Å². The maximum atomic E-state index is 13.4. The van der Waals surface area contributed by atoms with Crippen molar-refractivity contribution in [3.05, 3.63) is 81.6 Å². The average molecular weight is 656 g/mol. The first-order valence-corrected chi connectivity index (χ1v) is 15.8. The van der Waals surface area contributed by atoms with Crippen LogP contribution in [0.2, 0.25) is 5.02 Å². The van der Waals surface area contributed by atoms with Crippen LogP contribution in [0.15, 0.2) is 58.9 Å². The predicted octanol–water partition coefficient (Wildman–Crippen LogP) is 8.39. The van der Waals surface area contributed by atoms with Crippen LogP contribution in [-0.4, -0.2) is 47.6 Å². The Labute approximate surface area is 265 Å². The number of piperidine rings is 1. The lowest BCUT2D eigenvalue weighted by Crippen LogP contribution is -2.39. The number of hydrogen-bond donors (Lipinski definition) is 1. The average Bonchev–Trinajstić information content (AvgIpc) is 3.51. The molecule has 3 heterocycles. The first-order valence-electron chi connectivity index (χ1n) is 13.6. The molecule has 1 aliphatic rings. The van der Waals surface area contributed by atoms with Crippen molar-refractivity contribution in [2.24, 2.45) is 5.92 Å². The van der Waals surface area contributed by atoms with Crippen LogP contribution in [0.3, 0.4) is 0 Å². The first kappa shape index (κ1) is 31.6. The fourth-order valence-electron chi connectivity index (χ4n) is 4.90. The van der Waals surface area contributed by atoms with Gasteiger partial charge in [-0.1, -0.05) is 47.6 Å². The molecule has 2 aromatic carbocycles. The van der Waals surface area contributed by atoms with E-state index in [2.05, 4.69) is 10.9 Å². The fourth-order valence-corrected chi connectivity index (χ4v) is 6.83. The van der Waals surface area contributed by atoms with Crippen molar-refractivity contribution in [1.82, 2.24) is 9.97 Å². The second-order valence-corrected chi connectivity index (χ2v) is 12.2. The summed E-state index contributed by atoms with van der Waals surface area (Å²) in [6.07, 6.45) is -4.50. The molecule has 1 saturated heterocycles. The molecule has 1 fully saturated rings. The van der Waals surface area contributed by atoms with Gasteiger partial charge in [0.1, 0.15) is 34.3 Å². The number of ether oxygens (including phenoxy) is 1. The van der Waals surface area contributed by atoms with Crippen LogP contribution in [0.1, 0.15) is 24.1 Å². The van der Waals surface area contributed by atoms with E-state index >= 15 is 0 Å². The van der Waals surface area contributed by atoms with Gasteiger partial charge in [0.25, 0.3) is 0 Å². The van der Waals surface area contributed by atoms with E-state index in [0.29, 0.717) is 32.7 Å². The Morgan fingerprint density at radius 2 is 1.80 bits per heavy atom. The molecule has 5 rings (SSSR count). The number of alkyl halides is 3. The summed E-state index contributed by atoms with van der Waals surface area (Å²) in [5.74, 6) is -0.263. The van der Waals surface area contributed by atoms with E-state index in [0.717, 1.165) is 16.3 Å². The van der Waals surface area contributed by atoms with Crippen LogP contribution in [0.25, 0.3) is 26.5 Å². The number of hydrogen-bond acceptors (Lipinski definition) is 8. The van der Waals surface area contributed by atoms with Crippen LogP contribution in [0.5, 0.6) is 5.75 Å². The molecule has 0 radical (unpaired) electrons. The third kappa shape index (κ3) is 7.11. The van der Waals surface area contributed by atoms with Crippen molar-refractivity contribution in [2.75, 3.05) is 31.2 Å². The number of nitrogens with zero attached hydrogens (tertiary/aromatic N) is 5. The van der Waals surface area contributed by atoms with Crippen molar-refractivity contribution in [3.8, 4) is 33.5 Å². The molecular weight excluding hydrogens is 631 g/mol. The minimum absolute atomic E-state index is 0.0830. The van der Waals surface area contributed by atoms with E-state index in [9.17, 15) is 18.4 Å². The standard InChI is InChI=1S/C31H25ClF3N5O2S2/c1-37-27-26(19-4-8-24(9-5-19)42-15-14-41)25(16-36)30(39-28(27)40-12-10-21(11-13-40)31(33,34)35)44-18-23-17-43-29(38-23)20-2-6-22(32)7-3-20/h2-9,17,21,41H,10-15,18H2. The Hall–Kier alpha value is -3.81. The molecule has 0 spiro atoms. The lowest BCUT2D eigenvalue weighted by molar-refractivity contribution is -0.179. The summed E-state index contributed by atoms with van der Waals surface area (Å²) in [7, 11) is 0. The Morgan fingerprint density at radius 3 is 2.41 bits per heavy atom. The summed E-state index contributed by atoms with van der Waals surface area (Å²) in [6, 6.07) is 16.4. The molecule has 0 bridgehead atoms. The quantitative estimate of drug-likeness (QED) is 0.143. The maximum Gasteiger partial charge on any atom is 0.391 e. The van der Waals surface area contributed by atoms with E-state index in [-0.39, 0.29) is 56.2 Å². The monoisotopic (exact) mass is 655 g/mol. The summed E-state index contributed by atoms with van der Waals surface area (Å²) >= 11 is 8.77. The number of halogens is 4. The molecule has 4 aromatic rings. The van der Waals surface area contributed by atoms with Crippen LogP contribution in [0.4, 0.5) is 24.7 Å². The van der Waals surface area contributed by atoms with Gasteiger partial charge < -0.3 is 14.7 Å². The lowest BCUT2D eigenvalue weighted by atomic mass is 9.95. The Kier molecular flexibility index (Phi) is 9.97. The summed E-state index contributed by atoms with van der Waals surface area (Å²) in [5.41, 5.74) is 2.93. The second-order valence-electron chi connectivity index (χ2n) is 9.90. The molecule has 1 N–H and O–H groups in total. The molecule has 0 unspecified atom stereocenters. The molecule has 226 valence electrons. The third-order valence-corrected chi connectivity index (χ3v) is 9.30. The summed E-state index contributed by atoms with van der Waals surface area (Å²) < 4.78 is 45.7. The highest BCUT2D eigenvalue weighted by molar-refractivity contribution is 7.98. The van der Waals surface area contributed by atoms with Gasteiger partial charge in [-0.3, -0.25) is 0 Å². The SMILES string of the molecule is [C-]#[N+]c1c(N2CCC(C(F)(F)F)CC2)nc(SCc2csc(-c3ccc(Cl)cc3)n2)c(C#N)c1-c1ccc(OCCO)cc1. The van der Waals surface area contributed by atoms with Gasteiger partial charge in [0.15, 0.2) is 0 Å². The minimum atomic E-state index is -4.28. The van der Waals surface area contributed by atoms with E-state index < -0.39 is 12.1 Å². The zero-order valence-corrected chi connectivity index (χ0v) is 25.5. The minimum Gasteiger partial charge on any atom is -0.491 e. The van der Waals surface area contributed by atoms with E-state index in [1.54, 1.807) is 41.3 Å². The number of rotatable bonds is 9. The summed E-state index contributed by atoms with van der Waals surface area (Å²) in [5, 5.41) is 23.1. The fraction of sp³-hybridized carbons (Fsp3) is 0.290. The zero-order valence-electron chi connectivity index (χ0n) is 23.1. The molecule has 44 heavy (non-hydrogen) atoms. The van der Waals surface area contributed by atoms with Gasteiger partial charge in [-0.2, -0.15) is 18.4 Å². The van der Waals surface area contributed by atoms with E-state index in [4.69, 9.17) is 38.0 Å². The van der Waals surface area contributed by atoms with Crippen LogP contribution in [0, 0.1) is 23.8 Å². The number of nitriles is 1. The number of aliphatic hydroxyl groups excluding tert-OH is 1. The van der Waals surface area contributed by atoms with Crippen molar-refractivity contribution >= 4 is 46.2 Å². The topological polar surface area (TPSA) is 86.6 Å². The Morgan fingerprint density at radius 1 is 1.11 bits per heavy atom. The predicted molar refractivity (Wildman–Crippen MR) is 166 cm³/mol. The number of benzene rings is 2. The molecule has 0 saturated carbocycles. The number of aliphatic hydroxyl groups is 1. The molecule has 13 heteroatoms. The van der Waals surface area contributed by atoms with Crippen LogP contribution < -0.4 is 9.64 Å². The molecule has 2 aromatic heterocycles. The van der Waals surface area contributed by atoms with Crippen molar-refractivity contribution < 1.29 is 23.0 Å². The van der Waals surface area contributed by atoms with Gasteiger partial charge in [-0.05, 0) is 42.7 Å². The molecule has 0 atom stereocenters.